The Morgan fingerprint density at radius 2 is 2.21 bits per heavy atom. The topological polar surface area (TPSA) is 63.8 Å². The minimum atomic E-state index is -0.632. The van der Waals surface area contributed by atoms with Crippen molar-refractivity contribution in [2.24, 2.45) is 7.05 Å². The van der Waals surface area contributed by atoms with E-state index in [0.29, 0.717) is 23.4 Å². The molecule has 2 rings (SSSR count). The van der Waals surface area contributed by atoms with Crippen molar-refractivity contribution >= 4 is 0 Å². The molecule has 0 spiro atoms. The van der Waals surface area contributed by atoms with Crippen LogP contribution in [-0.4, -0.2) is 25.3 Å². The van der Waals surface area contributed by atoms with E-state index in [0.717, 1.165) is 12.8 Å². The molecule has 1 aromatic heterocycles. The third-order valence-corrected chi connectivity index (χ3v) is 3.07. The lowest BCUT2D eigenvalue weighted by atomic mass is 9.98. The number of tetrazole rings is 1. The van der Waals surface area contributed by atoms with E-state index in [2.05, 4.69) is 22.4 Å². The van der Waals surface area contributed by atoms with E-state index in [4.69, 9.17) is 0 Å². The van der Waals surface area contributed by atoms with Crippen molar-refractivity contribution in [1.82, 2.24) is 20.2 Å². The van der Waals surface area contributed by atoms with Gasteiger partial charge in [-0.05, 0) is 34.5 Å². The van der Waals surface area contributed by atoms with Crippen LogP contribution in [0.1, 0.15) is 37.9 Å². The molecular weight excluding hydrogens is 247 g/mol. The molecule has 1 unspecified atom stereocenters. The second kappa shape index (κ2) is 5.88. The van der Waals surface area contributed by atoms with Crippen LogP contribution in [0, 0.1) is 5.82 Å². The molecule has 0 radical (unpaired) electrons. The summed E-state index contributed by atoms with van der Waals surface area (Å²) in [5.74, 6) is 0.0782. The molecule has 1 atom stereocenters. The van der Waals surface area contributed by atoms with Crippen molar-refractivity contribution in [2.45, 2.75) is 32.3 Å². The van der Waals surface area contributed by atoms with Crippen molar-refractivity contribution in [1.29, 1.82) is 0 Å². The average Bonchev–Trinajstić information content (AvgIpc) is 2.82. The number of hydrogen-bond donors (Lipinski definition) is 1. The molecule has 0 saturated carbocycles. The van der Waals surface area contributed by atoms with Gasteiger partial charge in [-0.2, -0.15) is 0 Å². The maximum absolute atomic E-state index is 13.4. The normalized spacial score (nSPS) is 12.6. The molecule has 2 aromatic rings. The minimum Gasteiger partial charge on any atom is -0.388 e. The SMILES string of the molecule is CCCCC(O)c1ccc(F)cc1-c1nnnn1C. The highest BCUT2D eigenvalue weighted by molar-refractivity contribution is 5.60. The molecule has 19 heavy (non-hydrogen) atoms. The number of unbranched alkanes of at least 4 members (excludes halogenated alkanes) is 1. The van der Waals surface area contributed by atoms with Gasteiger partial charge in [0.15, 0.2) is 5.82 Å². The summed E-state index contributed by atoms with van der Waals surface area (Å²) in [5, 5.41) is 21.4. The maximum atomic E-state index is 13.4. The molecule has 5 nitrogen and oxygen atoms in total. The van der Waals surface area contributed by atoms with Crippen molar-refractivity contribution < 1.29 is 9.50 Å². The third-order valence-electron chi connectivity index (χ3n) is 3.07. The number of hydrogen-bond acceptors (Lipinski definition) is 4. The molecular formula is C13H17FN4O. The van der Waals surface area contributed by atoms with Crippen LogP contribution in [0.2, 0.25) is 0 Å². The van der Waals surface area contributed by atoms with Crippen LogP contribution in [0.5, 0.6) is 0 Å². The van der Waals surface area contributed by atoms with Crippen LogP contribution in [0.15, 0.2) is 18.2 Å². The number of aliphatic hydroxyl groups excluding tert-OH is 1. The summed E-state index contributed by atoms with van der Waals surface area (Å²) in [7, 11) is 1.68. The van der Waals surface area contributed by atoms with Gasteiger partial charge in [0.2, 0.25) is 0 Å². The fourth-order valence-corrected chi connectivity index (χ4v) is 2.02. The zero-order valence-corrected chi connectivity index (χ0v) is 11.0. The van der Waals surface area contributed by atoms with E-state index in [-0.39, 0.29) is 5.82 Å². The van der Waals surface area contributed by atoms with E-state index < -0.39 is 6.10 Å². The summed E-state index contributed by atoms with van der Waals surface area (Å²) < 4.78 is 14.9. The summed E-state index contributed by atoms with van der Waals surface area (Å²) in [4.78, 5) is 0. The summed E-state index contributed by atoms with van der Waals surface area (Å²) in [5.41, 5.74) is 1.20. The number of nitrogens with zero attached hydrogens (tertiary/aromatic N) is 4. The van der Waals surface area contributed by atoms with Gasteiger partial charge in [0.05, 0.1) is 6.10 Å². The number of aromatic nitrogens is 4. The highest BCUT2D eigenvalue weighted by Gasteiger charge is 2.17. The highest BCUT2D eigenvalue weighted by atomic mass is 19.1. The largest absolute Gasteiger partial charge is 0.388 e. The molecule has 6 heteroatoms. The molecule has 0 bridgehead atoms. The van der Waals surface area contributed by atoms with E-state index >= 15 is 0 Å². The van der Waals surface area contributed by atoms with Crippen molar-refractivity contribution in [2.75, 3.05) is 0 Å². The van der Waals surface area contributed by atoms with E-state index in [9.17, 15) is 9.50 Å². The Labute approximate surface area is 111 Å². The predicted molar refractivity (Wildman–Crippen MR) is 68.7 cm³/mol. The zero-order chi connectivity index (χ0) is 13.8. The summed E-state index contributed by atoms with van der Waals surface area (Å²) in [6.07, 6.45) is 1.92. The van der Waals surface area contributed by atoms with Crippen molar-refractivity contribution in [3.63, 3.8) is 0 Å². The van der Waals surface area contributed by atoms with E-state index in [1.807, 2.05) is 0 Å². The third kappa shape index (κ3) is 2.96. The van der Waals surface area contributed by atoms with Gasteiger partial charge in [0.1, 0.15) is 5.82 Å². The molecule has 102 valence electrons. The van der Waals surface area contributed by atoms with E-state index in [1.54, 1.807) is 13.1 Å². The summed E-state index contributed by atoms with van der Waals surface area (Å²) >= 11 is 0. The van der Waals surface area contributed by atoms with Crippen LogP contribution in [0.4, 0.5) is 4.39 Å². The number of benzene rings is 1. The highest BCUT2D eigenvalue weighted by Crippen LogP contribution is 2.29. The van der Waals surface area contributed by atoms with Crippen molar-refractivity contribution in [3.8, 4) is 11.4 Å². The van der Waals surface area contributed by atoms with Gasteiger partial charge in [0.25, 0.3) is 0 Å². The minimum absolute atomic E-state index is 0.371. The molecule has 1 heterocycles. The molecule has 0 aliphatic heterocycles. The Bertz CT molecular complexity index is 555. The van der Waals surface area contributed by atoms with Crippen LogP contribution in [0.3, 0.4) is 0 Å². The van der Waals surface area contributed by atoms with Crippen LogP contribution in [0.25, 0.3) is 11.4 Å². The molecule has 0 fully saturated rings. The Morgan fingerprint density at radius 1 is 1.42 bits per heavy atom. The first-order chi connectivity index (χ1) is 9.13. The first-order valence-corrected chi connectivity index (χ1v) is 6.33. The Kier molecular flexibility index (Phi) is 4.21. The van der Waals surface area contributed by atoms with Crippen molar-refractivity contribution in [3.05, 3.63) is 29.6 Å². The fraction of sp³-hybridized carbons (Fsp3) is 0.462. The monoisotopic (exact) mass is 264 g/mol. The predicted octanol–water partition coefficient (Wildman–Crippen LogP) is 2.24. The van der Waals surface area contributed by atoms with Gasteiger partial charge in [-0.15, -0.1) is 5.10 Å². The quantitative estimate of drug-likeness (QED) is 0.899. The standard InChI is InChI=1S/C13H17FN4O/c1-3-4-5-12(19)10-7-6-9(14)8-11(10)13-15-16-17-18(13)2/h6-8,12,19H,3-5H2,1-2H3. The van der Waals surface area contributed by atoms with Gasteiger partial charge in [-0.25, -0.2) is 9.07 Å². The van der Waals surface area contributed by atoms with Gasteiger partial charge in [-0.1, -0.05) is 25.8 Å². The van der Waals surface area contributed by atoms with E-state index in [1.165, 1.54) is 16.8 Å². The number of halogens is 1. The first kappa shape index (κ1) is 13.6. The number of rotatable bonds is 5. The van der Waals surface area contributed by atoms with Gasteiger partial charge in [0, 0.05) is 12.6 Å². The lowest BCUT2D eigenvalue weighted by Gasteiger charge is -2.14. The smallest absolute Gasteiger partial charge is 0.182 e. The van der Waals surface area contributed by atoms with Gasteiger partial charge in [-0.3, -0.25) is 0 Å². The Hall–Kier alpha value is -1.82. The molecule has 1 N–H and O–H groups in total. The first-order valence-electron chi connectivity index (χ1n) is 6.33. The number of aliphatic hydroxyl groups is 1. The van der Waals surface area contributed by atoms with Crippen LogP contribution in [-0.2, 0) is 7.05 Å². The Balaban J connectivity index is 2.41. The average molecular weight is 264 g/mol. The fourth-order valence-electron chi connectivity index (χ4n) is 2.02. The molecule has 0 aliphatic rings. The number of aryl methyl sites for hydroxylation is 1. The summed E-state index contributed by atoms with van der Waals surface area (Å²) in [6.45, 7) is 2.06. The lowest BCUT2D eigenvalue weighted by molar-refractivity contribution is 0.164. The van der Waals surface area contributed by atoms with Crippen LogP contribution >= 0.6 is 0 Å². The Morgan fingerprint density at radius 3 is 2.84 bits per heavy atom. The second-order valence-electron chi connectivity index (χ2n) is 4.52. The maximum Gasteiger partial charge on any atom is 0.182 e. The lowest BCUT2D eigenvalue weighted by Crippen LogP contribution is -2.04. The summed E-state index contributed by atoms with van der Waals surface area (Å²) in [6, 6.07) is 4.30. The van der Waals surface area contributed by atoms with Gasteiger partial charge < -0.3 is 5.11 Å². The molecule has 0 aliphatic carbocycles. The molecule has 1 aromatic carbocycles. The van der Waals surface area contributed by atoms with Crippen LogP contribution < -0.4 is 0 Å². The molecule has 0 saturated heterocycles. The molecule has 0 amide bonds. The van der Waals surface area contributed by atoms with Gasteiger partial charge >= 0.3 is 0 Å². The second-order valence-corrected chi connectivity index (χ2v) is 4.52. The zero-order valence-electron chi connectivity index (χ0n) is 11.0.